The predicted molar refractivity (Wildman–Crippen MR) is 106 cm³/mol. The van der Waals surface area contributed by atoms with Gasteiger partial charge in [-0.15, -0.1) is 11.3 Å². The summed E-state index contributed by atoms with van der Waals surface area (Å²) in [5, 5.41) is 15.9. The van der Waals surface area contributed by atoms with Crippen LogP contribution in [0.4, 0.5) is 10.1 Å². The summed E-state index contributed by atoms with van der Waals surface area (Å²) >= 11 is 1.44. The molecule has 150 valence electrons. The van der Waals surface area contributed by atoms with Gasteiger partial charge in [-0.05, 0) is 41.3 Å². The van der Waals surface area contributed by atoms with Gasteiger partial charge in [0.25, 0.3) is 5.91 Å². The number of carbonyl (C=O) groups is 1. The number of benzene rings is 2. The zero-order valence-corrected chi connectivity index (χ0v) is 16.1. The second-order valence-electron chi connectivity index (χ2n) is 5.95. The molecule has 0 saturated heterocycles. The first-order valence-corrected chi connectivity index (χ1v) is 9.39. The van der Waals surface area contributed by atoms with Crippen LogP contribution in [0.2, 0.25) is 0 Å². The molecule has 0 bridgehead atoms. The topological polar surface area (TPSA) is 90.7 Å². The number of nitrogens with zero attached hydrogens (tertiary/aromatic N) is 1. The van der Waals surface area contributed by atoms with Gasteiger partial charge in [-0.2, -0.15) is 0 Å². The van der Waals surface area contributed by atoms with Crippen molar-refractivity contribution in [2.75, 3.05) is 13.7 Å². The van der Waals surface area contributed by atoms with Crippen LogP contribution in [0.3, 0.4) is 0 Å². The summed E-state index contributed by atoms with van der Waals surface area (Å²) in [6.07, 6.45) is 0. The molecule has 1 amide bonds. The maximum atomic E-state index is 13.3. The van der Waals surface area contributed by atoms with E-state index < -0.39 is 23.5 Å². The first-order valence-electron chi connectivity index (χ1n) is 8.51. The monoisotopic (exact) mass is 416 g/mol. The zero-order valence-electron chi connectivity index (χ0n) is 15.3. The van der Waals surface area contributed by atoms with Gasteiger partial charge < -0.3 is 14.8 Å². The van der Waals surface area contributed by atoms with Crippen molar-refractivity contribution < 1.29 is 23.6 Å². The summed E-state index contributed by atoms with van der Waals surface area (Å²) < 4.78 is 23.6. The van der Waals surface area contributed by atoms with E-state index in [0.29, 0.717) is 11.3 Å². The zero-order chi connectivity index (χ0) is 20.8. The van der Waals surface area contributed by atoms with Gasteiger partial charge in [-0.25, -0.2) is 4.39 Å². The number of thiophene rings is 1. The van der Waals surface area contributed by atoms with E-state index in [2.05, 4.69) is 5.32 Å². The molecule has 1 atom stereocenters. The van der Waals surface area contributed by atoms with Crippen molar-refractivity contribution in [1.29, 1.82) is 0 Å². The molecule has 0 spiro atoms. The maximum absolute atomic E-state index is 13.3. The molecule has 2 aromatic carbocycles. The lowest BCUT2D eigenvalue weighted by atomic mass is 10.1. The van der Waals surface area contributed by atoms with Crippen molar-refractivity contribution in [2.45, 2.75) is 6.04 Å². The Morgan fingerprint density at radius 1 is 1.24 bits per heavy atom. The number of rotatable bonds is 8. The minimum Gasteiger partial charge on any atom is -0.496 e. The van der Waals surface area contributed by atoms with Crippen LogP contribution in [0, 0.1) is 15.9 Å². The van der Waals surface area contributed by atoms with E-state index in [0.717, 1.165) is 4.88 Å². The van der Waals surface area contributed by atoms with E-state index in [-0.39, 0.29) is 17.3 Å². The molecule has 29 heavy (non-hydrogen) atoms. The average Bonchev–Trinajstić information content (AvgIpc) is 3.25. The number of halogens is 1. The third-order valence-corrected chi connectivity index (χ3v) is 5.00. The fourth-order valence-corrected chi connectivity index (χ4v) is 3.47. The fraction of sp³-hybridized carbons (Fsp3) is 0.150. The predicted octanol–water partition coefficient (Wildman–Crippen LogP) is 4.09. The summed E-state index contributed by atoms with van der Waals surface area (Å²) in [7, 11) is 1.40. The number of hydrogen-bond acceptors (Lipinski definition) is 6. The molecule has 1 aromatic heterocycles. The number of nitrogens with one attached hydrogen (secondary N) is 1. The number of amides is 1. The van der Waals surface area contributed by atoms with Crippen molar-refractivity contribution in [3.8, 4) is 11.5 Å². The molecule has 0 radical (unpaired) electrons. The van der Waals surface area contributed by atoms with Crippen molar-refractivity contribution in [2.24, 2.45) is 0 Å². The number of carbonyl (C=O) groups excluding carboxylic acids is 1. The van der Waals surface area contributed by atoms with Gasteiger partial charge in [0.2, 0.25) is 0 Å². The van der Waals surface area contributed by atoms with Crippen molar-refractivity contribution in [1.82, 2.24) is 5.32 Å². The summed E-state index contributed by atoms with van der Waals surface area (Å²) in [4.78, 5) is 23.9. The van der Waals surface area contributed by atoms with Gasteiger partial charge >= 0.3 is 5.69 Å². The van der Waals surface area contributed by atoms with Gasteiger partial charge in [0, 0.05) is 4.88 Å². The molecule has 3 rings (SSSR count). The van der Waals surface area contributed by atoms with Crippen molar-refractivity contribution in [3.63, 3.8) is 0 Å². The van der Waals surface area contributed by atoms with Crippen molar-refractivity contribution in [3.05, 3.63) is 86.3 Å². The highest BCUT2D eigenvalue weighted by molar-refractivity contribution is 7.10. The SMILES string of the molecule is COc1ccc(OCC(=O)N[C@H](c2ccc(F)cc2)c2cccs2)c([N+](=O)[O-])c1. The molecular formula is C20H17FN2O5S. The smallest absolute Gasteiger partial charge is 0.314 e. The molecule has 0 aliphatic carbocycles. The molecule has 3 aromatic rings. The van der Waals surface area contributed by atoms with Crippen LogP contribution in [0.25, 0.3) is 0 Å². The Morgan fingerprint density at radius 2 is 2.00 bits per heavy atom. The second-order valence-corrected chi connectivity index (χ2v) is 6.93. The molecule has 0 aliphatic heterocycles. The highest BCUT2D eigenvalue weighted by atomic mass is 32.1. The highest BCUT2D eigenvalue weighted by Crippen LogP contribution is 2.31. The molecule has 0 fully saturated rings. The first-order chi connectivity index (χ1) is 14.0. The van der Waals surface area contributed by atoms with E-state index >= 15 is 0 Å². The van der Waals surface area contributed by atoms with E-state index in [1.165, 1.54) is 48.8 Å². The normalized spacial score (nSPS) is 11.5. The first kappa shape index (κ1) is 20.3. The van der Waals surface area contributed by atoms with Crippen LogP contribution in [0.15, 0.2) is 60.0 Å². The van der Waals surface area contributed by atoms with Crippen LogP contribution >= 0.6 is 11.3 Å². The standard InChI is InChI=1S/C20H17FN2O5S/c1-27-15-8-9-17(16(11-15)23(25)26)28-12-19(24)22-20(18-3-2-10-29-18)13-4-6-14(21)7-5-13/h2-11,20H,12H2,1H3,(H,22,24)/t20-/m1/s1. The number of methoxy groups -OCH3 is 1. The minimum atomic E-state index is -0.608. The number of hydrogen-bond donors (Lipinski definition) is 1. The maximum Gasteiger partial charge on any atom is 0.314 e. The van der Waals surface area contributed by atoms with Gasteiger partial charge in [-0.3, -0.25) is 14.9 Å². The lowest BCUT2D eigenvalue weighted by Gasteiger charge is -2.18. The summed E-state index contributed by atoms with van der Waals surface area (Å²) in [6.45, 7) is -0.420. The molecule has 0 unspecified atom stereocenters. The number of nitro benzene ring substituents is 1. The molecule has 0 saturated carbocycles. The Balaban J connectivity index is 1.73. The Labute approximate surface area is 169 Å². The van der Waals surface area contributed by atoms with Crippen molar-refractivity contribution >= 4 is 22.9 Å². The Bertz CT molecular complexity index is 993. The summed E-state index contributed by atoms with van der Waals surface area (Å²) in [5.74, 6) is -0.582. The second kappa shape index (κ2) is 9.16. The van der Waals surface area contributed by atoms with Crippen LogP contribution < -0.4 is 14.8 Å². The van der Waals surface area contributed by atoms with Gasteiger partial charge in [-0.1, -0.05) is 18.2 Å². The third-order valence-electron chi connectivity index (χ3n) is 4.06. The summed E-state index contributed by atoms with van der Waals surface area (Å²) in [5.41, 5.74) is 0.406. The lowest BCUT2D eigenvalue weighted by Crippen LogP contribution is -2.33. The molecule has 9 heteroatoms. The average molecular weight is 416 g/mol. The van der Waals surface area contributed by atoms with Crippen LogP contribution in [-0.2, 0) is 4.79 Å². The van der Waals surface area contributed by atoms with E-state index in [4.69, 9.17) is 9.47 Å². The van der Waals surface area contributed by atoms with Crippen LogP contribution in [0.5, 0.6) is 11.5 Å². The molecular weight excluding hydrogens is 399 g/mol. The number of ether oxygens (including phenoxy) is 2. The molecule has 0 aliphatic rings. The molecule has 1 heterocycles. The van der Waals surface area contributed by atoms with Gasteiger partial charge in [0.05, 0.1) is 24.1 Å². The highest BCUT2D eigenvalue weighted by Gasteiger charge is 2.21. The Hall–Kier alpha value is -3.46. The van der Waals surface area contributed by atoms with E-state index in [9.17, 15) is 19.3 Å². The molecule has 7 nitrogen and oxygen atoms in total. The van der Waals surface area contributed by atoms with E-state index in [1.54, 1.807) is 12.1 Å². The quantitative estimate of drug-likeness (QED) is 0.441. The lowest BCUT2D eigenvalue weighted by molar-refractivity contribution is -0.385. The van der Waals surface area contributed by atoms with Gasteiger partial charge in [0.15, 0.2) is 12.4 Å². The Morgan fingerprint density at radius 3 is 2.62 bits per heavy atom. The van der Waals surface area contributed by atoms with Crippen LogP contribution in [0.1, 0.15) is 16.5 Å². The largest absolute Gasteiger partial charge is 0.496 e. The summed E-state index contributed by atoms with van der Waals surface area (Å²) in [6, 6.07) is 13.1. The minimum absolute atomic E-state index is 0.0413. The number of nitro groups is 1. The van der Waals surface area contributed by atoms with E-state index in [1.807, 2.05) is 17.5 Å². The van der Waals surface area contributed by atoms with Gasteiger partial charge in [0.1, 0.15) is 11.6 Å². The fourth-order valence-electron chi connectivity index (χ4n) is 2.66. The molecule has 1 N–H and O–H groups in total. The Kier molecular flexibility index (Phi) is 6.40. The third kappa shape index (κ3) is 5.08. The van der Waals surface area contributed by atoms with Crippen LogP contribution in [-0.4, -0.2) is 24.5 Å².